The van der Waals surface area contributed by atoms with Gasteiger partial charge in [0.05, 0.1) is 21.3 Å². The summed E-state index contributed by atoms with van der Waals surface area (Å²) < 4.78 is 14.9. The van der Waals surface area contributed by atoms with Crippen LogP contribution in [0.4, 0.5) is 10.1 Å². The monoisotopic (exact) mass is 467 g/mol. The fraction of sp³-hybridized carbons (Fsp3) is 0.217. The first-order chi connectivity index (χ1) is 15.2. The minimum atomic E-state index is -0.890. The van der Waals surface area contributed by atoms with Crippen LogP contribution in [0.1, 0.15) is 35.6 Å². The van der Waals surface area contributed by atoms with Crippen molar-refractivity contribution in [2.45, 2.75) is 30.5 Å². The molecule has 3 aromatic rings. The van der Waals surface area contributed by atoms with Gasteiger partial charge in [-0.05, 0) is 55.4 Å². The van der Waals surface area contributed by atoms with E-state index >= 15 is 0 Å². The lowest BCUT2D eigenvalue weighted by molar-refractivity contribution is 0.102. The first-order valence-corrected chi connectivity index (χ1v) is 12.3. The van der Waals surface area contributed by atoms with Crippen LogP contribution in [0.25, 0.3) is 0 Å². The van der Waals surface area contributed by atoms with E-state index in [2.05, 4.69) is 20.6 Å². The number of rotatable bonds is 4. The molecule has 3 heterocycles. The standard InChI is InChI=1S/C23H23ClFN5OSi/c1-22(13-32-23(2,21(26)30-22)19-5-3-4-10-27-19)16-11-15(7-8-17(16)25)29-20(31)18-9-6-14(24)12-28-18/h3-12H,13,32H2,1-2H3,(H2,26,30)(H,29,31)/t22-,23-/m0/s1. The first kappa shape index (κ1) is 22.1. The number of benzene rings is 1. The van der Waals surface area contributed by atoms with Gasteiger partial charge < -0.3 is 10.6 Å². The van der Waals surface area contributed by atoms with Gasteiger partial charge in [-0.3, -0.25) is 15.2 Å². The van der Waals surface area contributed by atoms with Crippen molar-refractivity contribution < 1.29 is 9.18 Å². The Labute approximate surface area is 193 Å². The van der Waals surface area contributed by atoms with E-state index in [-0.39, 0.29) is 11.5 Å². The van der Waals surface area contributed by atoms with E-state index in [1.807, 2.05) is 32.0 Å². The summed E-state index contributed by atoms with van der Waals surface area (Å²) in [5.41, 5.74) is 1.20. The zero-order chi connectivity index (χ0) is 22.9. The van der Waals surface area contributed by atoms with Crippen molar-refractivity contribution in [3.63, 3.8) is 0 Å². The van der Waals surface area contributed by atoms with E-state index in [9.17, 15) is 9.18 Å². The summed E-state index contributed by atoms with van der Waals surface area (Å²) in [6, 6.07) is 14.0. The number of amidine groups is 1. The smallest absolute Gasteiger partial charge is 0.274 e. The Balaban J connectivity index is 1.58. The number of nitrogens with zero attached hydrogens (tertiary/aromatic N) is 2. The third-order valence-corrected chi connectivity index (χ3v) is 9.28. The summed E-state index contributed by atoms with van der Waals surface area (Å²) in [6.45, 7) is 3.93. The molecule has 1 aliphatic heterocycles. The third-order valence-electron chi connectivity index (χ3n) is 6.09. The highest BCUT2D eigenvalue weighted by molar-refractivity contribution is 6.49. The van der Waals surface area contributed by atoms with Crippen LogP contribution in [0.15, 0.2) is 60.9 Å². The van der Waals surface area contributed by atoms with Gasteiger partial charge in [0.15, 0.2) is 0 Å². The molecular formula is C23H23ClFN5OSi. The molecule has 0 radical (unpaired) electrons. The Bertz CT molecular complexity index is 1180. The van der Waals surface area contributed by atoms with Gasteiger partial charge in [0.2, 0.25) is 0 Å². The van der Waals surface area contributed by atoms with Crippen LogP contribution >= 0.6 is 11.6 Å². The molecule has 9 heteroatoms. The molecule has 1 amide bonds. The van der Waals surface area contributed by atoms with E-state index in [0.717, 1.165) is 11.7 Å². The highest BCUT2D eigenvalue weighted by Crippen LogP contribution is 2.37. The second-order valence-corrected chi connectivity index (χ2v) is 11.2. The van der Waals surface area contributed by atoms with Gasteiger partial charge in [-0.1, -0.05) is 24.6 Å². The summed E-state index contributed by atoms with van der Waals surface area (Å²) in [5.74, 6) is -0.451. The third kappa shape index (κ3) is 4.15. The lowest BCUT2D eigenvalue weighted by Crippen LogP contribution is -2.60. The molecule has 6 nitrogen and oxygen atoms in total. The average molecular weight is 468 g/mol. The van der Waals surface area contributed by atoms with Crippen molar-refractivity contribution >= 4 is 38.6 Å². The Morgan fingerprint density at radius 2 is 2.03 bits per heavy atom. The lowest BCUT2D eigenvalue weighted by Gasteiger charge is -2.45. The van der Waals surface area contributed by atoms with Gasteiger partial charge in [0.1, 0.15) is 17.3 Å². The van der Waals surface area contributed by atoms with Crippen molar-refractivity contribution in [3.05, 3.63) is 88.7 Å². The molecule has 1 aliphatic rings. The number of aromatic nitrogens is 2. The van der Waals surface area contributed by atoms with Crippen molar-refractivity contribution in [1.82, 2.24) is 15.3 Å². The number of halogens is 2. The molecule has 4 rings (SSSR count). The maximum absolute atomic E-state index is 14.9. The van der Waals surface area contributed by atoms with E-state index in [0.29, 0.717) is 22.1 Å². The zero-order valence-electron chi connectivity index (χ0n) is 17.7. The number of hydrogen-bond acceptors (Lipinski definition) is 4. The molecule has 0 aliphatic carbocycles. The number of amides is 1. The number of hydrogen-bond donors (Lipinski definition) is 3. The van der Waals surface area contributed by atoms with Crippen molar-refractivity contribution in [2.75, 3.05) is 5.32 Å². The molecule has 164 valence electrons. The highest BCUT2D eigenvalue weighted by Gasteiger charge is 2.45. The predicted octanol–water partition coefficient (Wildman–Crippen LogP) is 3.82. The molecule has 1 fully saturated rings. The molecule has 0 saturated carbocycles. The van der Waals surface area contributed by atoms with Crippen LogP contribution < -0.4 is 10.6 Å². The number of nitrogens with one attached hydrogen (secondary N) is 3. The van der Waals surface area contributed by atoms with Crippen LogP contribution in [-0.2, 0) is 10.6 Å². The first-order valence-electron chi connectivity index (χ1n) is 10.2. The van der Waals surface area contributed by atoms with E-state index in [4.69, 9.17) is 17.0 Å². The zero-order valence-corrected chi connectivity index (χ0v) is 19.9. The number of anilines is 1. The largest absolute Gasteiger partial charge is 0.364 e. The van der Waals surface area contributed by atoms with Crippen LogP contribution in [0, 0.1) is 11.2 Å². The summed E-state index contributed by atoms with van der Waals surface area (Å²) in [4.78, 5) is 21.0. The molecule has 0 bridgehead atoms. The summed E-state index contributed by atoms with van der Waals surface area (Å²) in [6.07, 6.45) is 3.13. The van der Waals surface area contributed by atoms with E-state index in [1.165, 1.54) is 24.4 Å². The Kier molecular flexibility index (Phi) is 5.83. The Hall–Kier alpha value is -3.10. The van der Waals surface area contributed by atoms with Crippen LogP contribution in [0.5, 0.6) is 0 Å². The average Bonchev–Trinajstić information content (AvgIpc) is 2.79. The van der Waals surface area contributed by atoms with Gasteiger partial charge >= 0.3 is 0 Å². The molecule has 1 aromatic carbocycles. The van der Waals surface area contributed by atoms with Crippen LogP contribution in [-0.4, -0.2) is 31.2 Å². The molecule has 2 aromatic heterocycles. The Morgan fingerprint density at radius 3 is 2.69 bits per heavy atom. The summed E-state index contributed by atoms with van der Waals surface area (Å²) in [7, 11) is -0.890. The number of carbonyl (C=O) groups excluding carboxylic acids is 1. The van der Waals surface area contributed by atoms with E-state index < -0.39 is 26.0 Å². The lowest BCUT2D eigenvalue weighted by atomic mass is 9.90. The molecule has 2 atom stereocenters. The fourth-order valence-electron chi connectivity index (χ4n) is 3.98. The second-order valence-electron chi connectivity index (χ2n) is 8.39. The number of carbonyl (C=O) groups is 1. The summed E-state index contributed by atoms with van der Waals surface area (Å²) in [5, 5.41) is 14.7. The van der Waals surface area contributed by atoms with Gasteiger partial charge in [-0.2, -0.15) is 0 Å². The van der Waals surface area contributed by atoms with Crippen molar-refractivity contribution in [1.29, 1.82) is 5.41 Å². The molecule has 0 spiro atoms. The van der Waals surface area contributed by atoms with Crippen molar-refractivity contribution in [3.8, 4) is 0 Å². The normalized spacial score (nSPS) is 23.6. The Morgan fingerprint density at radius 1 is 1.22 bits per heavy atom. The minimum absolute atomic E-state index is 0.211. The molecule has 0 unspecified atom stereocenters. The maximum atomic E-state index is 14.9. The highest BCUT2D eigenvalue weighted by atomic mass is 35.5. The van der Waals surface area contributed by atoms with Gasteiger partial charge in [0, 0.05) is 33.2 Å². The van der Waals surface area contributed by atoms with Crippen LogP contribution in [0.3, 0.4) is 0 Å². The molecule has 1 saturated heterocycles. The topological polar surface area (TPSA) is 90.8 Å². The second kappa shape index (κ2) is 8.44. The summed E-state index contributed by atoms with van der Waals surface area (Å²) >= 11 is 5.83. The molecular weight excluding hydrogens is 445 g/mol. The maximum Gasteiger partial charge on any atom is 0.274 e. The minimum Gasteiger partial charge on any atom is -0.364 e. The quantitative estimate of drug-likeness (QED) is 0.509. The molecule has 32 heavy (non-hydrogen) atoms. The van der Waals surface area contributed by atoms with Gasteiger partial charge in [-0.15, -0.1) is 0 Å². The predicted molar refractivity (Wildman–Crippen MR) is 127 cm³/mol. The molecule has 3 N–H and O–H groups in total. The van der Waals surface area contributed by atoms with Crippen LogP contribution in [0.2, 0.25) is 11.1 Å². The van der Waals surface area contributed by atoms with Gasteiger partial charge in [0.25, 0.3) is 5.91 Å². The van der Waals surface area contributed by atoms with Crippen molar-refractivity contribution in [2.24, 2.45) is 0 Å². The van der Waals surface area contributed by atoms with Gasteiger partial charge in [-0.25, -0.2) is 9.37 Å². The SMILES string of the molecule is C[C@@]1(c2cc(NC(=O)c3ccc(Cl)cn3)ccc2F)C[SiH2][C@@](C)(c2ccccn2)C(=N)N1. The number of pyridine rings is 2. The van der Waals surface area contributed by atoms with E-state index in [1.54, 1.807) is 18.3 Å². The fourth-order valence-corrected chi connectivity index (χ4v) is 6.29.